The average Bonchev–Trinajstić information content (AvgIpc) is 2.84. The fourth-order valence-corrected chi connectivity index (χ4v) is 3.63. The van der Waals surface area contributed by atoms with E-state index in [4.69, 9.17) is 19.3 Å². The largest absolute Gasteiger partial charge is 0.493 e. The van der Waals surface area contributed by atoms with Crippen molar-refractivity contribution in [2.24, 2.45) is 0 Å². The highest BCUT2D eigenvalue weighted by atomic mass is 16.5. The predicted molar refractivity (Wildman–Crippen MR) is 130 cm³/mol. The van der Waals surface area contributed by atoms with E-state index in [-0.39, 0.29) is 0 Å². The van der Waals surface area contributed by atoms with E-state index in [0.29, 0.717) is 19.6 Å². The van der Waals surface area contributed by atoms with Crippen molar-refractivity contribution in [3.8, 4) is 22.6 Å². The molecule has 0 aliphatic rings. The number of hydrogen-bond donors (Lipinski definition) is 1. The summed E-state index contributed by atoms with van der Waals surface area (Å²) in [6.45, 7) is 3.29. The number of carboxylic acid groups (broad SMARTS) is 1. The van der Waals surface area contributed by atoms with Gasteiger partial charge in [0.25, 0.3) is 0 Å². The van der Waals surface area contributed by atoms with E-state index in [0.717, 1.165) is 36.3 Å². The van der Waals surface area contributed by atoms with E-state index in [1.165, 1.54) is 23.8 Å². The van der Waals surface area contributed by atoms with Gasteiger partial charge in [-0.3, -0.25) is 0 Å². The van der Waals surface area contributed by atoms with Crippen molar-refractivity contribution in [3.63, 3.8) is 0 Å². The van der Waals surface area contributed by atoms with E-state index in [2.05, 4.69) is 49.4 Å². The Bertz CT molecular complexity index is 999. The lowest BCUT2D eigenvalue weighted by atomic mass is 10.0. The topological polar surface area (TPSA) is 65.0 Å². The van der Waals surface area contributed by atoms with Gasteiger partial charge in [-0.2, -0.15) is 0 Å². The normalized spacial score (nSPS) is 11.7. The van der Waals surface area contributed by atoms with Gasteiger partial charge in [-0.25, -0.2) is 4.79 Å². The molecule has 1 N–H and O–H groups in total. The Morgan fingerprint density at radius 1 is 0.909 bits per heavy atom. The van der Waals surface area contributed by atoms with Gasteiger partial charge in [0.05, 0.1) is 13.2 Å². The molecule has 0 heterocycles. The summed E-state index contributed by atoms with van der Waals surface area (Å²) in [4.78, 5) is 11.1. The second kappa shape index (κ2) is 12.7. The maximum atomic E-state index is 11.1. The minimum absolute atomic E-state index is 0.323. The Morgan fingerprint density at radius 3 is 2.30 bits per heavy atom. The fourth-order valence-electron chi connectivity index (χ4n) is 3.63. The Labute approximate surface area is 195 Å². The van der Waals surface area contributed by atoms with Crippen LogP contribution in [-0.2, 0) is 22.4 Å². The second-order valence-corrected chi connectivity index (χ2v) is 7.90. The molecular weight excluding hydrogens is 416 g/mol. The van der Waals surface area contributed by atoms with Crippen molar-refractivity contribution >= 4 is 5.97 Å². The molecule has 174 valence electrons. The SMILES string of the molecule is CCCc1cc(-c2ccccc2)ccc1OCCCOc1ccc(C[C@H](OC)C(=O)O)cc1. The second-order valence-electron chi connectivity index (χ2n) is 7.90. The van der Waals surface area contributed by atoms with Crippen LogP contribution >= 0.6 is 0 Å². The summed E-state index contributed by atoms with van der Waals surface area (Å²) in [5, 5.41) is 9.09. The van der Waals surface area contributed by atoms with Gasteiger partial charge in [-0.1, -0.05) is 61.9 Å². The van der Waals surface area contributed by atoms with Crippen LogP contribution in [0.5, 0.6) is 11.5 Å². The van der Waals surface area contributed by atoms with E-state index in [1.807, 2.05) is 30.3 Å². The van der Waals surface area contributed by atoms with Crippen molar-refractivity contribution in [1.29, 1.82) is 0 Å². The first kappa shape index (κ1) is 24.3. The van der Waals surface area contributed by atoms with Gasteiger partial charge in [0, 0.05) is 20.0 Å². The Morgan fingerprint density at radius 2 is 1.64 bits per heavy atom. The minimum atomic E-state index is -0.963. The van der Waals surface area contributed by atoms with E-state index in [1.54, 1.807) is 0 Å². The number of benzene rings is 3. The molecule has 3 aromatic carbocycles. The lowest BCUT2D eigenvalue weighted by Crippen LogP contribution is -2.24. The van der Waals surface area contributed by atoms with E-state index < -0.39 is 12.1 Å². The standard InChI is InChI=1S/C28H32O5/c1-3-8-24-20-23(22-9-5-4-6-10-22)13-16-26(24)33-18-7-17-32-25-14-11-21(12-15-25)19-27(31-2)28(29)30/h4-6,9-16,20,27H,3,7-8,17-19H2,1-2H3,(H,29,30)/t27-/m0/s1. The zero-order valence-electron chi connectivity index (χ0n) is 19.3. The van der Waals surface area contributed by atoms with Gasteiger partial charge in [-0.15, -0.1) is 0 Å². The van der Waals surface area contributed by atoms with Gasteiger partial charge in [-0.05, 0) is 52.9 Å². The quantitative estimate of drug-likeness (QED) is 0.335. The summed E-state index contributed by atoms with van der Waals surface area (Å²) < 4.78 is 16.9. The molecule has 0 unspecified atom stereocenters. The Hall–Kier alpha value is -3.31. The molecule has 0 aliphatic heterocycles. The van der Waals surface area contributed by atoms with E-state index in [9.17, 15) is 4.79 Å². The lowest BCUT2D eigenvalue weighted by Gasteiger charge is -2.14. The van der Waals surface area contributed by atoms with Crippen molar-refractivity contribution in [3.05, 3.63) is 83.9 Å². The summed E-state index contributed by atoms with van der Waals surface area (Å²) in [6.07, 6.45) is 2.28. The third-order valence-corrected chi connectivity index (χ3v) is 5.41. The number of carboxylic acids is 1. The molecule has 0 radical (unpaired) electrons. The molecule has 5 nitrogen and oxygen atoms in total. The Balaban J connectivity index is 1.47. The van der Waals surface area contributed by atoms with Gasteiger partial charge in [0.15, 0.2) is 6.10 Å². The number of hydrogen-bond acceptors (Lipinski definition) is 4. The van der Waals surface area contributed by atoms with Gasteiger partial charge in [0.2, 0.25) is 0 Å². The molecule has 0 aliphatic carbocycles. The van der Waals surface area contributed by atoms with Crippen molar-refractivity contribution in [2.45, 2.75) is 38.7 Å². The van der Waals surface area contributed by atoms with Gasteiger partial charge < -0.3 is 19.3 Å². The predicted octanol–water partition coefficient (Wildman–Crippen LogP) is 5.80. The molecule has 3 aromatic rings. The summed E-state index contributed by atoms with van der Waals surface area (Å²) in [5.41, 5.74) is 4.54. The van der Waals surface area contributed by atoms with Crippen LogP contribution in [0.15, 0.2) is 72.8 Å². The molecule has 0 spiro atoms. The smallest absolute Gasteiger partial charge is 0.333 e. The molecule has 3 rings (SSSR count). The lowest BCUT2D eigenvalue weighted by molar-refractivity contribution is -0.148. The zero-order valence-corrected chi connectivity index (χ0v) is 19.3. The van der Waals surface area contributed by atoms with Crippen LogP contribution in [0, 0.1) is 0 Å². The molecule has 0 saturated heterocycles. The molecule has 1 atom stereocenters. The molecule has 0 fully saturated rings. The number of carbonyl (C=O) groups is 1. The highest BCUT2D eigenvalue weighted by Crippen LogP contribution is 2.28. The summed E-state index contributed by atoms with van der Waals surface area (Å²) in [5.74, 6) is 0.726. The third kappa shape index (κ3) is 7.36. The van der Waals surface area contributed by atoms with Gasteiger partial charge in [0.1, 0.15) is 11.5 Å². The minimum Gasteiger partial charge on any atom is -0.493 e. The summed E-state index contributed by atoms with van der Waals surface area (Å²) in [7, 11) is 1.40. The van der Waals surface area contributed by atoms with E-state index >= 15 is 0 Å². The van der Waals surface area contributed by atoms with Crippen LogP contribution in [0.25, 0.3) is 11.1 Å². The number of rotatable bonds is 13. The highest BCUT2D eigenvalue weighted by molar-refractivity contribution is 5.72. The van der Waals surface area contributed by atoms with Crippen molar-refractivity contribution < 1.29 is 24.1 Å². The zero-order chi connectivity index (χ0) is 23.5. The summed E-state index contributed by atoms with van der Waals surface area (Å²) >= 11 is 0. The van der Waals surface area contributed by atoms with Crippen LogP contribution in [-0.4, -0.2) is 37.5 Å². The number of aryl methyl sites for hydroxylation is 1. The molecule has 33 heavy (non-hydrogen) atoms. The first-order chi connectivity index (χ1) is 16.1. The molecule has 0 bridgehead atoms. The van der Waals surface area contributed by atoms with Crippen LogP contribution < -0.4 is 9.47 Å². The molecular formula is C28H32O5. The molecule has 0 aromatic heterocycles. The monoisotopic (exact) mass is 448 g/mol. The molecule has 0 saturated carbocycles. The van der Waals surface area contributed by atoms with Gasteiger partial charge >= 0.3 is 5.97 Å². The fraction of sp³-hybridized carbons (Fsp3) is 0.321. The maximum Gasteiger partial charge on any atom is 0.333 e. The molecule has 0 amide bonds. The van der Waals surface area contributed by atoms with Crippen molar-refractivity contribution in [1.82, 2.24) is 0 Å². The third-order valence-electron chi connectivity index (χ3n) is 5.41. The van der Waals surface area contributed by atoms with Crippen molar-refractivity contribution in [2.75, 3.05) is 20.3 Å². The van der Waals surface area contributed by atoms with Crippen LogP contribution in [0.2, 0.25) is 0 Å². The average molecular weight is 449 g/mol. The Kier molecular flexibility index (Phi) is 9.33. The first-order valence-corrected chi connectivity index (χ1v) is 11.4. The first-order valence-electron chi connectivity index (χ1n) is 11.4. The maximum absolute atomic E-state index is 11.1. The molecule has 5 heteroatoms. The number of ether oxygens (including phenoxy) is 3. The van der Waals surface area contributed by atoms with Crippen LogP contribution in [0.1, 0.15) is 30.9 Å². The van der Waals surface area contributed by atoms with Crippen LogP contribution in [0.4, 0.5) is 0 Å². The highest BCUT2D eigenvalue weighted by Gasteiger charge is 2.16. The number of aliphatic carboxylic acids is 1. The number of methoxy groups -OCH3 is 1. The summed E-state index contributed by atoms with van der Waals surface area (Å²) in [6, 6.07) is 24.2. The van der Waals surface area contributed by atoms with Crippen LogP contribution in [0.3, 0.4) is 0 Å².